The van der Waals surface area contributed by atoms with Gasteiger partial charge in [-0.1, -0.05) is 87.4 Å². The van der Waals surface area contributed by atoms with Crippen molar-refractivity contribution in [3.8, 4) is 0 Å². The van der Waals surface area contributed by atoms with E-state index in [4.69, 9.17) is 65.9 Å². The SMILES string of the molecule is CC(C)C[C@H](NC(=O)CCC(=O)c1cc(Cl)ccc1Cl)B(O)O.CCN(CC(=O)O)CC(=O)O.CC[N+]12CC(=O)O[B-]1([C@H](CC(=O)CNC(=O)c1cc(Cl)ccc1Cl)CC(C)C)OC(=O)C2. The number of carbonyl (C=O) groups excluding carboxylic acids is 6. The number of halogens is 4. The van der Waals surface area contributed by atoms with Gasteiger partial charge in [0.05, 0.1) is 41.2 Å². The first-order valence-corrected chi connectivity index (χ1v) is 22.8. The minimum absolute atomic E-state index is 0.00228. The molecule has 18 nitrogen and oxygen atoms in total. The molecule has 0 unspecified atom stereocenters. The number of amides is 2. The topological polar surface area (TPSA) is 263 Å². The smallest absolute Gasteiger partial charge is 0.587 e. The van der Waals surface area contributed by atoms with Crippen LogP contribution in [-0.4, -0.2) is 142 Å². The van der Waals surface area contributed by atoms with Gasteiger partial charge in [-0.05, 0) is 80.4 Å². The second-order valence-corrected chi connectivity index (χ2v) is 18.5. The first-order valence-electron chi connectivity index (χ1n) is 21.3. The number of fused-ring (bicyclic) bond motifs is 1. The third-order valence-electron chi connectivity index (χ3n) is 10.8. The van der Waals surface area contributed by atoms with Crippen molar-refractivity contribution in [3.05, 3.63) is 67.6 Å². The van der Waals surface area contributed by atoms with E-state index in [-0.39, 0.29) is 101 Å². The van der Waals surface area contributed by atoms with Crippen molar-refractivity contribution in [2.75, 3.05) is 45.8 Å². The molecule has 0 saturated carbocycles. The van der Waals surface area contributed by atoms with Gasteiger partial charge >= 0.3 is 37.7 Å². The van der Waals surface area contributed by atoms with Crippen molar-refractivity contribution in [1.29, 1.82) is 0 Å². The molecule has 2 amide bonds. The van der Waals surface area contributed by atoms with Crippen molar-refractivity contribution >= 4 is 107 Å². The molecule has 2 aromatic carbocycles. The van der Waals surface area contributed by atoms with Crippen LogP contribution in [0, 0.1) is 11.8 Å². The molecular formula is C42H58B2Cl4N4O14. The molecule has 2 saturated heterocycles. The molecule has 0 radical (unpaired) electrons. The number of Topliss-reactive ketones (excluding diaryl/α,β-unsaturated/α-hetero) is 2. The van der Waals surface area contributed by atoms with E-state index in [1.807, 2.05) is 34.6 Å². The lowest BCUT2D eigenvalue weighted by molar-refractivity contribution is -0.814. The number of carboxylic acids is 2. The summed E-state index contributed by atoms with van der Waals surface area (Å²) in [4.78, 5) is 95.4. The number of aliphatic carboxylic acids is 2. The molecule has 2 heterocycles. The summed E-state index contributed by atoms with van der Waals surface area (Å²) in [6, 6.07) is 9.06. The Hall–Kier alpha value is -4.27. The number of carboxylic acid groups (broad SMARTS) is 2. The maximum atomic E-state index is 12.9. The molecule has 364 valence electrons. The van der Waals surface area contributed by atoms with Gasteiger partial charge in [-0.3, -0.25) is 43.3 Å². The van der Waals surface area contributed by atoms with E-state index in [0.29, 0.717) is 36.0 Å². The molecule has 6 N–H and O–H groups in total. The fourth-order valence-electron chi connectivity index (χ4n) is 7.74. The van der Waals surface area contributed by atoms with E-state index in [2.05, 4.69) is 10.6 Å². The minimum Gasteiger partial charge on any atom is -0.600 e. The summed E-state index contributed by atoms with van der Waals surface area (Å²) in [5.74, 6) is -5.25. The third kappa shape index (κ3) is 17.8. The average Bonchev–Trinajstić information content (AvgIpc) is 3.66. The van der Waals surface area contributed by atoms with Crippen LogP contribution in [0.15, 0.2) is 36.4 Å². The van der Waals surface area contributed by atoms with Gasteiger partial charge in [0.1, 0.15) is 18.9 Å². The Morgan fingerprint density at radius 3 is 1.74 bits per heavy atom. The Morgan fingerprint density at radius 2 is 1.29 bits per heavy atom. The number of hydrogen-bond donors (Lipinski definition) is 6. The van der Waals surface area contributed by atoms with Gasteiger partial charge in [-0.25, -0.2) is 0 Å². The number of rotatable bonds is 22. The highest BCUT2D eigenvalue weighted by molar-refractivity contribution is 6.67. The maximum Gasteiger partial charge on any atom is 0.587 e. The average molecular weight is 1010 g/mol. The van der Waals surface area contributed by atoms with Crippen LogP contribution in [0.2, 0.25) is 25.9 Å². The van der Waals surface area contributed by atoms with Crippen molar-refractivity contribution in [2.45, 2.75) is 85.4 Å². The van der Waals surface area contributed by atoms with Gasteiger partial charge in [0.25, 0.3) is 5.91 Å². The van der Waals surface area contributed by atoms with Crippen LogP contribution in [0.4, 0.5) is 0 Å². The van der Waals surface area contributed by atoms with Gasteiger partial charge in [0, 0.05) is 35.0 Å². The highest BCUT2D eigenvalue weighted by Gasteiger charge is 2.69. The van der Waals surface area contributed by atoms with E-state index in [1.165, 1.54) is 29.2 Å². The lowest BCUT2D eigenvalue weighted by Crippen LogP contribution is -2.65. The molecule has 2 fully saturated rings. The zero-order valence-electron chi connectivity index (χ0n) is 37.7. The Balaban J connectivity index is 0.000000383. The largest absolute Gasteiger partial charge is 0.600 e. The van der Waals surface area contributed by atoms with Gasteiger partial charge in [-0.2, -0.15) is 0 Å². The fraction of sp³-hybridized carbons (Fsp3) is 0.524. The normalized spacial score (nSPS) is 18.2. The third-order valence-corrected chi connectivity index (χ3v) is 11.9. The number of hydrogen-bond acceptors (Lipinski definition) is 13. The van der Waals surface area contributed by atoms with Gasteiger partial charge in [-0.15, -0.1) is 0 Å². The summed E-state index contributed by atoms with van der Waals surface area (Å²) in [7, 11) is -1.64. The summed E-state index contributed by atoms with van der Waals surface area (Å²) < 4.78 is 11.5. The van der Waals surface area contributed by atoms with Crippen molar-refractivity contribution in [1.82, 2.24) is 15.5 Å². The molecular weight excluding hydrogens is 948 g/mol. The van der Waals surface area contributed by atoms with Crippen molar-refractivity contribution in [3.63, 3.8) is 0 Å². The fourth-order valence-corrected chi connectivity index (χ4v) is 8.51. The zero-order chi connectivity index (χ0) is 50.1. The lowest BCUT2D eigenvalue weighted by atomic mass is 9.51. The first-order chi connectivity index (χ1) is 30.8. The van der Waals surface area contributed by atoms with Crippen molar-refractivity contribution in [2.24, 2.45) is 11.8 Å². The molecule has 2 aromatic rings. The Morgan fingerprint density at radius 1 is 0.788 bits per heavy atom. The molecule has 0 spiro atoms. The predicted molar refractivity (Wildman–Crippen MR) is 249 cm³/mol. The molecule has 0 aliphatic carbocycles. The van der Waals surface area contributed by atoms with Gasteiger partial charge in [0.2, 0.25) is 5.91 Å². The van der Waals surface area contributed by atoms with Crippen LogP contribution >= 0.6 is 46.4 Å². The number of nitrogens with one attached hydrogen (secondary N) is 2. The maximum absolute atomic E-state index is 12.9. The summed E-state index contributed by atoms with van der Waals surface area (Å²) in [6.45, 7) is 9.35. The summed E-state index contributed by atoms with van der Waals surface area (Å²) >= 11 is 23.8. The zero-order valence-corrected chi connectivity index (χ0v) is 40.7. The second-order valence-electron chi connectivity index (χ2n) is 16.9. The number of nitrogens with zero attached hydrogens (tertiary/aromatic N) is 2. The number of likely N-dealkylation sites (N-methyl/N-ethyl adjacent to an activating group) is 2. The molecule has 2 atom stereocenters. The van der Waals surface area contributed by atoms with E-state index in [1.54, 1.807) is 19.1 Å². The van der Waals surface area contributed by atoms with Gasteiger partial charge in [0.15, 0.2) is 5.78 Å². The van der Waals surface area contributed by atoms with Crippen LogP contribution < -0.4 is 10.6 Å². The molecule has 24 heteroatoms. The summed E-state index contributed by atoms with van der Waals surface area (Å²) in [6.07, 6.45) is 0.852. The van der Waals surface area contributed by atoms with E-state index >= 15 is 0 Å². The number of benzene rings is 2. The predicted octanol–water partition coefficient (Wildman–Crippen LogP) is 4.96. The Labute approximate surface area is 404 Å². The molecule has 2 aliphatic heterocycles. The molecule has 0 bridgehead atoms. The lowest BCUT2D eigenvalue weighted by Gasteiger charge is -2.47. The van der Waals surface area contributed by atoms with E-state index < -0.39 is 61.3 Å². The van der Waals surface area contributed by atoms with Crippen LogP contribution in [0.1, 0.15) is 94.4 Å². The van der Waals surface area contributed by atoms with E-state index in [9.17, 15) is 48.4 Å². The monoisotopic (exact) mass is 1000 g/mol. The number of quaternary nitrogens is 1. The highest BCUT2D eigenvalue weighted by Crippen LogP contribution is 2.47. The van der Waals surface area contributed by atoms with Gasteiger partial charge < -0.3 is 44.6 Å². The summed E-state index contributed by atoms with van der Waals surface area (Å²) in [5, 5.41) is 41.5. The minimum atomic E-state index is -2.36. The quantitative estimate of drug-likeness (QED) is 0.0673. The Kier molecular flexibility index (Phi) is 23.6. The molecule has 0 aromatic heterocycles. The number of carbonyl (C=O) groups is 8. The van der Waals surface area contributed by atoms with Crippen LogP contribution in [-0.2, 0) is 38.1 Å². The highest BCUT2D eigenvalue weighted by atomic mass is 35.5. The number of ketones is 2. The van der Waals surface area contributed by atoms with Crippen molar-refractivity contribution < 1.29 is 72.3 Å². The molecule has 2 aliphatic rings. The first kappa shape index (κ1) is 57.9. The van der Waals surface area contributed by atoms with Crippen LogP contribution in [0.3, 0.4) is 0 Å². The summed E-state index contributed by atoms with van der Waals surface area (Å²) in [5.41, 5.74) is 0.442. The van der Waals surface area contributed by atoms with Crippen LogP contribution in [0.5, 0.6) is 0 Å². The van der Waals surface area contributed by atoms with E-state index in [0.717, 1.165) is 0 Å². The van der Waals surface area contributed by atoms with Crippen LogP contribution in [0.25, 0.3) is 0 Å². The second kappa shape index (κ2) is 26.9. The standard InChI is InChI=1S/C21H27BCl2N2O6.C15H20BCl2NO4.C6H11NO4/c1-4-26-11-19(28)31-22(26,32-20(29)12-26)14(7-13(2)3)8-16(27)10-25-21(30)17-9-15(23)5-6-18(17)24;1-9(2)7-14(16(22)23)19-15(21)6-5-13(20)11-8-10(17)3-4-12(11)18;1-2-7(3-5(8)9)4-6(10)11/h5-6,9,13-14H,4,7-8,10-12H2,1-3H3,(H,25,30);3-4,8-9,14,22-23H,5-7H2,1-2H3,(H,19,21);2-4H2,1H3,(H,8,9)(H,10,11)/t14-,22?,26?;14-;/m00./s1. The molecule has 4 rings (SSSR count). The Bertz CT molecular complexity index is 2040. The molecule has 66 heavy (non-hydrogen) atoms.